The van der Waals surface area contributed by atoms with E-state index in [2.05, 4.69) is 9.46 Å². The second-order valence-corrected chi connectivity index (χ2v) is 7.23. The summed E-state index contributed by atoms with van der Waals surface area (Å²) in [7, 11) is -2.47. The Bertz CT molecular complexity index is 698. The Balaban J connectivity index is 2.12. The molecule has 2 rings (SSSR count). The summed E-state index contributed by atoms with van der Waals surface area (Å²) in [5.41, 5.74) is 0.953. The normalized spacial score (nSPS) is 23.9. The van der Waals surface area contributed by atoms with Crippen molar-refractivity contribution in [2.75, 3.05) is 13.7 Å². The zero-order chi connectivity index (χ0) is 17.7. The van der Waals surface area contributed by atoms with Crippen molar-refractivity contribution in [2.24, 2.45) is 0 Å². The lowest BCUT2D eigenvalue weighted by molar-refractivity contribution is -0.144. The van der Waals surface area contributed by atoms with E-state index < -0.39 is 34.2 Å². The predicted molar refractivity (Wildman–Crippen MR) is 86.8 cm³/mol. The van der Waals surface area contributed by atoms with E-state index in [1.54, 1.807) is 24.3 Å². The van der Waals surface area contributed by atoms with E-state index in [1.165, 1.54) is 19.2 Å². The summed E-state index contributed by atoms with van der Waals surface area (Å²) in [5.74, 6) is -0.444. The molecule has 3 atom stereocenters. The van der Waals surface area contributed by atoms with Crippen molar-refractivity contribution in [3.63, 3.8) is 0 Å². The number of benzene rings is 1. The minimum Gasteiger partial charge on any atom is -0.469 e. The summed E-state index contributed by atoms with van der Waals surface area (Å²) in [6.45, 7) is 1.48. The van der Waals surface area contributed by atoms with E-state index in [-0.39, 0.29) is 17.9 Å². The number of sulfonamides is 1. The van der Waals surface area contributed by atoms with E-state index in [1.807, 2.05) is 6.92 Å². The molecule has 0 unspecified atom stereocenters. The number of hydrogen-bond donors (Lipinski definition) is 2. The highest BCUT2D eigenvalue weighted by Crippen LogP contribution is 2.18. The highest BCUT2D eigenvalue weighted by Gasteiger charge is 2.31. The van der Waals surface area contributed by atoms with Gasteiger partial charge in [0.1, 0.15) is 6.10 Å². The average molecular weight is 355 g/mol. The Labute approximate surface area is 141 Å². The molecule has 7 nitrogen and oxygen atoms in total. The molecule has 0 radical (unpaired) electrons. The summed E-state index contributed by atoms with van der Waals surface area (Å²) >= 11 is 0. The fourth-order valence-corrected chi connectivity index (χ4v) is 3.54. The van der Waals surface area contributed by atoms with E-state index in [0.29, 0.717) is 0 Å². The molecule has 24 heavy (non-hydrogen) atoms. The van der Waals surface area contributed by atoms with Crippen molar-refractivity contribution in [3.8, 4) is 0 Å². The molecule has 0 fully saturated rings. The maximum atomic E-state index is 12.4. The van der Waals surface area contributed by atoms with E-state index >= 15 is 0 Å². The summed E-state index contributed by atoms with van der Waals surface area (Å²) < 4.78 is 37.5. The second kappa shape index (κ2) is 7.89. The van der Waals surface area contributed by atoms with Crippen LogP contribution in [-0.4, -0.2) is 51.5 Å². The second-order valence-electron chi connectivity index (χ2n) is 5.52. The number of esters is 1. The maximum absolute atomic E-state index is 12.4. The maximum Gasteiger partial charge on any atom is 0.308 e. The molecule has 0 amide bonds. The molecule has 2 N–H and O–H groups in total. The van der Waals surface area contributed by atoms with Crippen molar-refractivity contribution >= 4 is 16.0 Å². The van der Waals surface area contributed by atoms with Crippen LogP contribution in [0, 0.1) is 6.92 Å². The number of carbonyl (C=O) groups excluding carboxylic acids is 1. The lowest BCUT2D eigenvalue weighted by Gasteiger charge is -2.31. The lowest BCUT2D eigenvalue weighted by atomic mass is 10.1. The van der Waals surface area contributed by atoms with Gasteiger partial charge in [-0.05, 0) is 19.1 Å². The van der Waals surface area contributed by atoms with E-state index in [9.17, 15) is 18.3 Å². The zero-order valence-electron chi connectivity index (χ0n) is 13.5. The van der Waals surface area contributed by atoms with Crippen LogP contribution in [0.3, 0.4) is 0 Å². The van der Waals surface area contributed by atoms with Crippen LogP contribution in [0.25, 0.3) is 0 Å². The van der Waals surface area contributed by atoms with Gasteiger partial charge in [-0.1, -0.05) is 29.8 Å². The number of carbonyl (C=O) groups is 1. The summed E-state index contributed by atoms with van der Waals surface area (Å²) in [6, 6.07) is 5.71. The first-order valence-corrected chi connectivity index (χ1v) is 8.94. The molecular formula is C16H21NO6S. The van der Waals surface area contributed by atoms with Gasteiger partial charge in [0, 0.05) is 0 Å². The number of ether oxygens (including phenoxy) is 2. The Morgan fingerprint density at radius 1 is 1.29 bits per heavy atom. The lowest BCUT2D eigenvalue weighted by Crippen LogP contribution is -2.48. The fourth-order valence-electron chi connectivity index (χ4n) is 2.32. The number of rotatable bonds is 6. The minimum atomic E-state index is -3.75. The van der Waals surface area contributed by atoms with Crippen molar-refractivity contribution in [1.29, 1.82) is 0 Å². The van der Waals surface area contributed by atoms with Crippen LogP contribution in [0.2, 0.25) is 0 Å². The molecular weight excluding hydrogens is 334 g/mol. The molecule has 1 aliphatic heterocycles. The molecule has 0 spiro atoms. The molecule has 8 heteroatoms. The molecule has 0 aliphatic carbocycles. The van der Waals surface area contributed by atoms with Gasteiger partial charge in [-0.15, -0.1) is 0 Å². The zero-order valence-corrected chi connectivity index (χ0v) is 14.3. The van der Waals surface area contributed by atoms with Gasteiger partial charge in [0.05, 0.1) is 37.2 Å². The molecule has 1 heterocycles. The third-order valence-electron chi connectivity index (χ3n) is 3.68. The summed E-state index contributed by atoms with van der Waals surface area (Å²) in [6.07, 6.45) is 1.83. The highest BCUT2D eigenvalue weighted by molar-refractivity contribution is 7.89. The van der Waals surface area contributed by atoms with Gasteiger partial charge >= 0.3 is 5.97 Å². The van der Waals surface area contributed by atoms with Gasteiger partial charge in [-0.2, -0.15) is 0 Å². The minimum absolute atomic E-state index is 0.000925. The number of methoxy groups -OCH3 is 1. The van der Waals surface area contributed by atoms with Crippen molar-refractivity contribution in [2.45, 2.75) is 36.5 Å². The van der Waals surface area contributed by atoms with Crippen molar-refractivity contribution in [3.05, 3.63) is 42.0 Å². The predicted octanol–water partition coefficient (Wildman–Crippen LogP) is 0.521. The van der Waals surface area contributed by atoms with Crippen molar-refractivity contribution < 1.29 is 27.8 Å². The monoisotopic (exact) mass is 355 g/mol. The SMILES string of the molecule is COC(=O)C[C@H]1C=C[C@@H](NS(=O)(=O)c2ccc(C)cc2)[C@@H](CO)O1. The standard InChI is InChI=1S/C16H21NO6S/c1-11-3-6-13(7-4-11)24(20,21)17-14-8-5-12(9-16(19)22-2)23-15(14)10-18/h3-8,12,14-15,17-18H,9-10H2,1-2H3/t12-,14-,15-/m1/s1. The molecule has 1 aliphatic rings. The van der Waals surface area contributed by atoms with Gasteiger partial charge < -0.3 is 14.6 Å². The molecule has 0 bridgehead atoms. The number of aryl methyl sites for hydroxylation is 1. The molecule has 1 aromatic rings. The number of aliphatic hydroxyl groups excluding tert-OH is 1. The number of aliphatic hydroxyl groups is 1. The van der Waals surface area contributed by atoms with Crippen LogP contribution in [0.15, 0.2) is 41.3 Å². The number of hydrogen-bond acceptors (Lipinski definition) is 6. The van der Waals surface area contributed by atoms with Crippen LogP contribution in [-0.2, 0) is 24.3 Å². The Morgan fingerprint density at radius 3 is 2.54 bits per heavy atom. The van der Waals surface area contributed by atoms with Crippen LogP contribution < -0.4 is 4.72 Å². The quantitative estimate of drug-likeness (QED) is 0.570. The fraction of sp³-hybridized carbons (Fsp3) is 0.438. The Kier molecular flexibility index (Phi) is 6.11. The van der Waals surface area contributed by atoms with Gasteiger partial charge in [-0.25, -0.2) is 13.1 Å². The topological polar surface area (TPSA) is 102 Å². The smallest absolute Gasteiger partial charge is 0.308 e. The van der Waals surface area contributed by atoms with E-state index in [0.717, 1.165) is 5.56 Å². The van der Waals surface area contributed by atoms with Gasteiger partial charge in [0.2, 0.25) is 10.0 Å². The van der Waals surface area contributed by atoms with Crippen LogP contribution in [0.4, 0.5) is 0 Å². The molecule has 1 aromatic carbocycles. The molecule has 0 saturated carbocycles. The first-order valence-electron chi connectivity index (χ1n) is 7.46. The first-order chi connectivity index (χ1) is 11.4. The third kappa shape index (κ3) is 4.64. The summed E-state index contributed by atoms with van der Waals surface area (Å²) in [4.78, 5) is 11.4. The van der Waals surface area contributed by atoms with Gasteiger partial charge in [0.25, 0.3) is 0 Å². The van der Waals surface area contributed by atoms with Crippen LogP contribution in [0.5, 0.6) is 0 Å². The van der Waals surface area contributed by atoms with Crippen LogP contribution in [0.1, 0.15) is 12.0 Å². The average Bonchev–Trinajstić information content (AvgIpc) is 2.56. The first kappa shape index (κ1) is 18.6. The van der Waals surface area contributed by atoms with Gasteiger partial charge in [0.15, 0.2) is 0 Å². The molecule has 132 valence electrons. The third-order valence-corrected chi connectivity index (χ3v) is 5.16. The Morgan fingerprint density at radius 2 is 1.96 bits per heavy atom. The largest absolute Gasteiger partial charge is 0.469 e. The van der Waals surface area contributed by atoms with E-state index in [4.69, 9.17) is 4.74 Å². The Hall–Kier alpha value is -1.74. The highest BCUT2D eigenvalue weighted by atomic mass is 32.2. The summed E-state index contributed by atoms with van der Waals surface area (Å²) in [5, 5.41) is 9.46. The molecule has 0 aromatic heterocycles. The molecule has 0 saturated heterocycles. The van der Waals surface area contributed by atoms with Crippen molar-refractivity contribution in [1.82, 2.24) is 4.72 Å². The van der Waals surface area contributed by atoms with Crippen LogP contribution >= 0.6 is 0 Å². The number of nitrogens with one attached hydrogen (secondary N) is 1. The van der Waals surface area contributed by atoms with Gasteiger partial charge in [-0.3, -0.25) is 4.79 Å².